The Morgan fingerprint density at radius 1 is 1.38 bits per heavy atom. The summed E-state index contributed by atoms with van der Waals surface area (Å²) in [6.07, 6.45) is 8.10. The zero-order chi connectivity index (χ0) is 9.68. The lowest BCUT2D eigenvalue weighted by Crippen LogP contribution is -2.20. The summed E-state index contributed by atoms with van der Waals surface area (Å²) < 4.78 is 0. The van der Waals surface area contributed by atoms with Gasteiger partial charge in [0.05, 0.1) is 0 Å². The van der Waals surface area contributed by atoms with E-state index in [4.69, 9.17) is 0 Å². The molecule has 0 N–H and O–H groups in total. The fraction of sp³-hybridized carbons (Fsp3) is 0.917. The maximum Gasteiger partial charge on any atom is 0.136 e. The smallest absolute Gasteiger partial charge is 0.136 e. The number of carbonyl (C=O) groups excluding carboxylic acids is 1. The van der Waals surface area contributed by atoms with Crippen LogP contribution >= 0.6 is 0 Å². The van der Waals surface area contributed by atoms with Crippen molar-refractivity contribution >= 4 is 5.78 Å². The molecule has 1 fully saturated rings. The zero-order valence-corrected chi connectivity index (χ0v) is 9.01. The Morgan fingerprint density at radius 2 is 2.15 bits per heavy atom. The summed E-state index contributed by atoms with van der Waals surface area (Å²) >= 11 is 0. The van der Waals surface area contributed by atoms with Crippen molar-refractivity contribution in [3.63, 3.8) is 0 Å². The molecular weight excluding hydrogens is 160 g/mol. The molecule has 76 valence electrons. The number of hydrogen-bond acceptors (Lipinski definition) is 1. The summed E-state index contributed by atoms with van der Waals surface area (Å²) in [6.45, 7) is 4.45. The predicted octanol–water partition coefficient (Wildman–Crippen LogP) is 3.57. The van der Waals surface area contributed by atoms with Crippen LogP contribution in [-0.2, 0) is 4.79 Å². The molecule has 1 heteroatoms. The van der Waals surface area contributed by atoms with E-state index in [0.717, 1.165) is 19.3 Å². The third kappa shape index (κ3) is 3.13. The van der Waals surface area contributed by atoms with E-state index in [0.29, 0.717) is 17.6 Å². The van der Waals surface area contributed by atoms with Crippen molar-refractivity contribution < 1.29 is 4.79 Å². The van der Waals surface area contributed by atoms with Gasteiger partial charge in [0.15, 0.2) is 0 Å². The second-order valence-electron chi connectivity index (χ2n) is 4.44. The third-order valence-electron chi connectivity index (χ3n) is 3.28. The maximum atomic E-state index is 11.7. The molecule has 2 unspecified atom stereocenters. The molecule has 1 aliphatic carbocycles. The van der Waals surface area contributed by atoms with Crippen LogP contribution in [0.25, 0.3) is 0 Å². The lowest BCUT2D eigenvalue weighted by atomic mass is 9.84. The minimum atomic E-state index is 0.391. The zero-order valence-electron chi connectivity index (χ0n) is 9.01. The second kappa shape index (κ2) is 5.41. The van der Waals surface area contributed by atoms with E-state index in [2.05, 4.69) is 13.8 Å². The monoisotopic (exact) mass is 182 g/mol. The SMILES string of the molecule is CCCC(C)C1CCCCCC1=O. The van der Waals surface area contributed by atoms with Gasteiger partial charge in [-0.15, -0.1) is 0 Å². The number of carbonyl (C=O) groups is 1. The van der Waals surface area contributed by atoms with E-state index in [1.165, 1.54) is 25.7 Å². The molecule has 1 nitrogen and oxygen atoms in total. The number of Topliss-reactive ketones (excluding diaryl/α,β-unsaturated/α-hetero) is 1. The van der Waals surface area contributed by atoms with E-state index in [9.17, 15) is 4.79 Å². The predicted molar refractivity (Wildman–Crippen MR) is 55.7 cm³/mol. The molecule has 0 aromatic rings. The Morgan fingerprint density at radius 3 is 2.85 bits per heavy atom. The van der Waals surface area contributed by atoms with Crippen molar-refractivity contribution in [3.8, 4) is 0 Å². The molecule has 0 aromatic carbocycles. The minimum absolute atomic E-state index is 0.391. The molecule has 0 radical (unpaired) electrons. The highest BCUT2D eigenvalue weighted by Gasteiger charge is 2.25. The molecule has 0 aliphatic heterocycles. The summed E-state index contributed by atoms with van der Waals surface area (Å²) in [5.41, 5.74) is 0. The van der Waals surface area contributed by atoms with Gasteiger partial charge in [0, 0.05) is 12.3 Å². The highest BCUT2D eigenvalue weighted by Crippen LogP contribution is 2.28. The van der Waals surface area contributed by atoms with Crippen molar-refractivity contribution in [2.75, 3.05) is 0 Å². The summed E-state index contributed by atoms with van der Waals surface area (Å²) in [4.78, 5) is 11.7. The van der Waals surface area contributed by atoms with E-state index >= 15 is 0 Å². The molecule has 0 bridgehead atoms. The lowest BCUT2D eigenvalue weighted by Gasteiger charge is -2.20. The highest BCUT2D eigenvalue weighted by atomic mass is 16.1. The summed E-state index contributed by atoms with van der Waals surface area (Å²) in [5, 5.41) is 0. The fourth-order valence-electron chi connectivity index (χ4n) is 2.45. The molecule has 1 saturated carbocycles. The van der Waals surface area contributed by atoms with Crippen LogP contribution in [0.15, 0.2) is 0 Å². The average molecular weight is 182 g/mol. The highest BCUT2D eigenvalue weighted by molar-refractivity contribution is 5.81. The molecule has 13 heavy (non-hydrogen) atoms. The molecule has 1 rings (SSSR count). The minimum Gasteiger partial charge on any atom is -0.299 e. The molecule has 0 heterocycles. The van der Waals surface area contributed by atoms with Crippen LogP contribution in [0.4, 0.5) is 0 Å². The van der Waals surface area contributed by atoms with Gasteiger partial charge in [-0.05, 0) is 18.8 Å². The first-order valence-electron chi connectivity index (χ1n) is 5.78. The Hall–Kier alpha value is -0.330. The number of ketones is 1. The Balaban J connectivity index is 2.48. The van der Waals surface area contributed by atoms with E-state index in [1.54, 1.807) is 0 Å². The first-order chi connectivity index (χ1) is 6.25. The van der Waals surface area contributed by atoms with Gasteiger partial charge in [-0.25, -0.2) is 0 Å². The Bertz CT molecular complexity index is 163. The van der Waals surface area contributed by atoms with Crippen molar-refractivity contribution in [1.29, 1.82) is 0 Å². The van der Waals surface area contributed by atoms with Gasteiger partial charge in [-0.1, -0.05) is 39.5 Å². The largest absolute Gasteiger partial charge is 0.299 e. The van der Waals surface area contributed by atoms with Crippen molar-refractivity contribution in [1.82, 2.24) is 0 Å². The molecular formula is C12H22O. The van der Waals surface area contributed by atoms with Crippen LogP contribution in [-0.4, -0.2) is 5.78 Å². The maximum absolute atomic E-state index is 11.7. The standard InChI is InChI=1S/C12H22O/c1-3-7-10(2)11-8-5-4-6-9-12(11)13/h10-11H,3-9H2,1-2H3. The summed E-state index contributed by atoms with van der Waals surface area (Å²) in [6, 6.07) is 0. The third-order valence-corrected chi connectivity index (χ3v) is 3.28. The van der Waals surface area contributed by atoms with E-state index in [1.807, 2.05) is 0 Å². The summed E-state index contributed by atoms with van der Waals surface area (Å²) in [7, 11) is 0. The molecule has 0 amide bonds. The topological polar surface area (TPSA) is 17.1 Å². The Kier molecular flexibility index (Phi) is 4.47. The van der Waals surface area contributed by atoms with Gasteiger partial charge in [-0.2, -0.15) is 0 Å². The molecule has 0 saturated heterocycles. The van der Waals surface area contributed by atoms with E-state index in [-0.39, 0.29) is 0 Å². The van der Waals surface area contributed by atoms with Gasteiger partial charge in [0.2, 0.25) is 0 Å². The van der Waals surface area contributed by atoms with Crippen molar-refractivity contribution in [2.24, 2.45) is 11.8 Å². The quantitative estimate of drug-likeness (QED) is 0.610. The summed E-state index contributed by atoms with van der Waals surface area (Å²) in [5.74, 6) is 1.55. The van der Waals surface area contributed by atoms with Gasteiger partial charge in [0.25, 0.3) is 0 Å². The number of hydrogen-bond donors (Lipinski definition) is 0. The molecule has 0 spiro atoms. The molecule has 1 aliphatic rings. The van der Waals surface area contributed by atoms with Crippen LogP contribution < -0.4 is 0 Å². The van der Waals surface area contributed by atoms with Crippen LogP contribution in [0.3, 0.4) is 0 Å². The van der Waals surface area contributed by atoms with Crippen molar-refractivity contribution in [3.05, 3.63) is 0 Å². The van der Waals surface area contributed by atoms with Crippen LogP contribution in [0.5, 0.6) is 0 Å². The second-order valence-corrected chi connectivity index (χ2v) is 4.44. The Labute approximate surface area is 81.9 Å². The van der Waals surface area contributed by atoms with E-state index < -0.39 is 0 Å². The normalized spacial score (nSPS) is 26.9. The van der Waals surface area contributed by atoms with Crippen LogP contribution in [0.1, 0.15) is 58.8 Å². The molecule has 2 atom stereocenters. The van der Waals surface area contributed by atoms with Crippen LogP contribution in [0.2, 0.25) is 0 Å². The van der Waals surface area contributed by atoms with Crippen LogP contribution in [0, 0.1) is 11.8 Å². The van der Waals surface area contributed by atoms with Gasteiger partial charge in [0.1, 0.15) is 5.78 Å². The van der Waals surface area contributed by atoms with Gasteiger partial charge >= 0.3 is 0 Å². The first-order valence-corrected chi connectivity index (χ1v) is 5.78. The average Bonchev–Trinajstić information content (AvgIpc) is 2.30. The first kappa shape index (κ1) is 10.7. The van der Waals surface area contributed by atoms with Gasteiger partial charge < -0.3 is 0 Å². The lowest BCUT2D eigenvalue weighted by molar-refractivity contribution is -0.124. The fourth-order valence-corrected chi connectivity index (χ4v) is 2.45. The van der Waals surface area contributed by atoms with Gasteiger partial charge in [-0.3, -0.25) is 4.79 Å². The van der Waals surface area contributed by atoms with Crippen molar-refractivity contribution in [2.45, 2.75) is 58.8 Å². The number of rotatable bonds is 3. The molecule has 0 aromatic heterocycles.